The maximum Gasteiger partial charge on any atom is 0.335 e. The highest BCUT2D eigenvalue weighted by molar-refractivity contribution is 7.12. The second-order valence-electron chi connectivity index (χ2n) is 4.07. The van der Waals surface area contributed by atoms with Crippen LogP contribution in [0.3, 0.4) is 0 Å². The van der Waals surface area contributed by atoms with E-state index in [-0.39, 0.29) is 5.56 Å². The number of aryl methyl sites for hydroxylation is 1. The van der Waals surface area contributed by atoms with Gasteiger partial charge in [-0.05, 0) is 36.8 Å². The van der Waals surface area contributed by atoms with Crippen molar-refractivity contribution in [3.63, 3.8) is 0 Å². The number of anilines is 1. The Labute approximate surface area is 120 Å². The van der Waals surface area contributed by atoms with Gasteiger partial charge < -0.3 is 10.4 Å². The number of carboxylic acid groups (broad SMARTS) is 1. The lowest BCUT2D eigenvalue weighted by Gasteiger charge is -2.07. The number of rotatable bonds is 5. The van der Waals surface area contributed by atoms with Crippen LogP contribution >= 0.6 is 22.9 Å². The third-order valence-electron chi connectivity index (χ3n) is 2.73. The predicted molar refractivity (Wildman–Crippen MR) is 79.4 cm³/mol. The first-order valence-electron chi connectivity index (χ1n) is 5.94. The van der Waals surface area contributed by atoms with Crippen LogP contribution in [-0.4, -0.2) is 11.1 Å². The first-order chi connectivity index (χ1) is 9.10. The highest BCUT2D eigenvalue weighted by Gasteiger charge is 2.07. The summed E-state index contributed by atoms with van der Waals surface area (Å²) in [7, 11) is 0. The van der Waals surface area contributed by atoms with Gasteiger partial charge in [0.15, 0.2) is 0 Å². The van der Waals surface area contributed by atoms with Gasteiger partial charge in [0.1, 0.15) is 0 Å². The summed E-state index contributed by atoms with van der Waals surface area (Å²) in [6.45, 7) is 2.82. The van der Waals surface area contributed by atoms with E-state index in [1.807, 2.05) is 0 Å². The first kappa shape index (κ1) is 13.9. The zero-order chi connectivity index (χ0) is 13.8. The van der Waals surface area contributed by atoms with Crippen LogP contribution < -0.4 is 5.32 Å². The fourth-order valence-corrected chi connectivity index (χ4v) is 2.83. The normalized spacial score (nSPS) is 10.4. The Morgan fingerprint density at radius 3 is 2.63 bits per heavy atom. The molecule has 3 nitrogen and oxygen atoms in total. The second-order valence-corrected chi connectivity index (χ2v) is 5.73. The molecular formula is C14H14ClNO2S. The van der Waals surface area contributed by atoms with Gasteiger partial charge in [-0.25, -0.2) is 4.79 Å². The summed E-state index contributed by atoms with van der Waals surface area (Å²) in [6.07, 6.45) is 1.04. The molecule has 2 N–H and O–H groups in total. The summed E-state index contributed by atoms with van der Waals surface area (Å²) in [6, 6.07) is 8.91. The minimum Gasteiger partial charge on any atom is -0.478 e. The minimum atomic E-state index is -0.973. The smallest absolute Gasteiger partial charge is 0.335 e. The van der Waals surface area contributed by atoms with Crippen LogP contribution in [0.15, 0.2) is 30.3 Å². The van der Waals surface area contributed by atoms with Gasteiger partial charge in [-0.1, -0.05) is 18.5 Å². The molecule has 0 saturated carbocycles. The van der Waals surface area contributed by atoms with Crippen LogP contribution in [0.5, 0.6) is 0 Å². The van der Waals surface area contributed by atoms with Gasteiger partial charge in [-0.15, -0.1) is 11.3 Å². The molecule has 19 heavy (non-hydrogen) atoms. The van der Waals surface area contributed by atoms with E-state index in [1.165, 1.54) is 15.8 Å². The molecule has 0 atom stereocenters. The molecule has 1 aromatic carbocycles. The maximum absolute atomic E-state index is 10.8. The molecule has 5 heteroatoms. The van der Waals surface area contributed by atoms with E-state index in [0.29, 0.717) is 11.6 Å². The van der Waals surface area contributed by atoms with E-state index in [0.717, 1.165) is 12.1 Å². The molecule has 0 bridgehead atoms. The number of carboxylic acids is 1. The summed E-state index contributed by atoms with van der Waals surface area (Å²) in [4.78, 5) is 13.4. The summed E-state index contributed by atoms with van der Waals surface area (Å²) in [5.74, 6) is -0.973. The Hall–Kier alpha value is -1.52. The van der Waals surface area contributed by atoms with Gasteiger partial charge in [0.25, 0.3) is 0 Å². The summed E-state index contributed by atoms with van der Waals surface area (Å²) >= 11 is 7.82. The third kappa shape index (κ3) is 3.49. The monoisotopic (exact) mass is 295 g/mol. The van der Waals surface area contributed by atoms with Crippen molar-refractivity contribution in [3.8, 4) is 0 Å². The molecule has 0 spiro atoms. The molecule has 0 aliphatic rings. The Morgan fingerprint density at radius 2 is 2.05 bits per heavy atom. The Kier molecular flexibility index (Phi) is 4.45. The zero-order valence-electron chi connectivity index (χ0n) is 10.4. The van der Waals surface area contributed by atoms with Crippen LogP contribution in [0.1, 0.15) is 27.0 Å². The molecule has 2 rings (SSSR count). The van der Waals surface area contributed by atoms with Crippen LogP contribution in [0.25, 0.3) is 0 Å². The minimum absolute atomic E-state index is 0.194. The molecule has 0 radical (unpaired) electrons. The number of thiophene rings is 1. The number of hydrogen-bond donors (Lipinski definition) is 2. The molecule has 1 heterocycles. The maximum atomic E-state index is 10.8. The van der Waals surface area contributed by atoms with E-state index in [4.69, 9.17) is 16.7 Å². The van der Waals surface area contributed by atoms with Crippen LogP contribution in [0, 0.1) is 0 Å². The van der Waals surface area contributed by atoms with Crippen molar-refractivity contribution >= 4 is 34.6 Å². The van der Waals surface area contributed by atoms with E-state index in [9.17, 15) is 4.79 Å². The van der Waals surface area contributed by atoms with E-state index in [1.54, 1.807) is 23.5 Å². The summed E-state index contributed by atoms with van der Waals surface area (Å²) < 4.78 is 0. The Balaban J connectivity index is 2.05. The summed E-state index contributed by atoms with van der Waals surface area (Å²) in [5, 5.41) is 12.5. The van der Waals surface area contributed by atoms with Crippen LogP contribution in [0.4, 0.5) is 5.69 Å². The average molecular weight is 296 g/mol. The predicted octanol–water partition coefficient (Wildman–Crippen LogP) is 4.27. The van der Waals surface area contributed by atoms with Crippen LogP contribution in [-0.2, 0) is 13.0 Å². The van der Waals surface area contributed by atoms with Crippen molar-refractivity contribution in [2.24, 2.45) is 0 Å². The molecule has 0 unspecified atom stereocenters. The molecule has 1 aromatic heterocycles. The molecule has 0 aliphatic carbocycles. The van der Waals surface area contributed by atoms with Gasteiger partial charge in [0, 0.05) is 16.3 Å². The van der Waals surface area contributed by atoms with Crippen molar-refractivity contribution < 1.29 is 9.90 Å². The fraction of sp³-hybridized carbons (Fsp3) is 0.214. The highest BCUT2D eigenvalue weighted by Crippen LogP contribution is 2.25. The van der Waals surface area contributed by atoms with Gasteiger partial charge in [0.05, 0.1) is 16.3 Å². The van der Waals surface area contributed by atoms with E-state index in [2.05, 4.69) is 24.4 Å². The second kappa shape index (κ2) is 6.08. The van der Waals surface area contributed by atoms with Crippen molar-refractivity contribution in [1.82, 2.24) is 0 Å². The van der Waals surface area contributed by atoms with Crippen molar-refractivity contribution in [1.29, 1.82) is 0 Å². The lowest BCUT2D eigenvalue weighted by atomic mass is 10.2. The lowest BCUT2D eigenvalue weighted by Crippen LogP contribution is -2.00. The molecule has 100 valence electrons. The fourth-order valence-electron chi connectivity index (χ4n) is 1.68. The molecule has 0 aliphatic heterocycles. The lowest BCUT2D eigenvalue weighted by molar-refractivity contribution is 0.0697. The number of hydrogen-bond acceptors (Lipinski definition) is 3. The Bertz CT molecular complexity index is 595. The number of halogens is 1. The molecule has 0 fully saturated rings. The topological polar surface area (TPSA) is 49.3 Å². The number of carbonyl (C=O) groups is 1. The number of nitrogens with one attached hydrogen (secondary N) is 1. The molecule has 2 aromatic rings. The van der Waals surface area contributed by atoms with Crippen molar-refractivity contribution in [2.75, 3.05) is 5.32 Å². The van der Waals surface area contributed by atoms with Gasteiger partial charge in [-0.2, -0.15) is 0 Å². The van der Waals surface area contributed by atoms with Crippen molar-refractivity contribution in [2.45, 2.75) is 19.9 Å². The average Bonchev–Trinajstić information content (AvgIpc) is 2.85. The Morgan fingerprint density at radius 1 is 1.32 bits per heavy atom. The van der Waals surface area contributed by atoms with E-state index >= 15 is 0 Å². The standard InChI is InChI=1S/C14H14ClNO2S/c1-2-10-4-5-11(19-10)8-16-13-6-3-9(14(17)18)7-12(13)15/h3-7,16H,2,8H2,1H3,(H,17,18). The third-order valence-corrected chi connectivity index (χ3v) is 4.28. The molecule has 0 saturated heterocycles. The van der Waals surface area contributed by atoms with Crippen molar-refractivity contribution in [3.05, 3.63) is 50.7 Å². The first-order valence-corrected chi connectivity index (χ1v) is 7.14. The SMILES string of the molecule is CCc1ccc(CNc2ccc(C(=O)O)cc2Cl)s1. The summed E-state index contributed by atoms with van der Waals surface area (Å²) in [5.41, 5.74) is 0.943. The largest absolute Gasteiger partial charge is 0.478 e. The van der Waals surface area contributed by atoms with Gasteiger partial charge >= 0.3 is 5.97 Å². The van der Waals surface area contributed by atoms with E-state index < -0.39 is 5.97 Å². The number of benzene rings is 1. The van der Waals surface area contributed by atoms with Gasteiger partial charge in [-0.3, -0.25) is 0 Å². The quantitative estimate of drug-likeness (QED) is 0.866. The molecule has 0 amide bonds. The highest BCUT2D eigenvalue weighted by atomic mass is 35.5. The van der Waals surface area contributed by atoms with Gasteiger partial charge in [0.2, 0.25) is 0 Å². The zero-order valence-corrected chi connectivity index (χ0v) is 12.0. The molecular weight excluding hydrogens is 282 g/mol. The number of aromatic carboxylic acids is 1. The van der Waals surface area contributed by atoms with Crippen LogP contribution in [0.2, 0.25) is 5.02 Å².